The molecule has 2 fully saturated rings. The van der Waals surface area contributed by atoms with Gasteiger partial charge in [-0.3, -0.25) is 24.2 Å². The van der Waals surface area contributed by atoms with Gasteiger partial charge in [0.05, 0.1) is 0 Å². The number of amides is 3. The Morgan fingerprint density at radius 2 is 1.93 bits per heavy atom. The second-order valence-electron chi connectivity index (χ2n) is 10.1. The van der Waals surface area contributed by atoms with Crippen molar-refractivity contribution in [2.75, 3.05) is 9.80 Å². The molecule has 2 aliphatic rings. The zero-order valence-electron chi connectivity index (χ0n) is 21.9. The van der Waals surface area contributed by atoms with Crippen LogP contribution in [0.3, 0.4) is 0 Å². The molecule has 1 N–H and O–H groups in total. The van der Waals surface area contributed by atoms with Gasteiger partial charge in [-0.15, -0.1) is 0 Å². The van der Waals surface area contributed by atoms with E-state index in [-0.39, 0.29) is 30.2 Å². The molecule has 0 bridgehead atoms. The van der Waals surface area contributed by atoms with E-state index >= 15 is 0 Å². The van der Waals surface area contributed by atoms with Crippen LogP contribution in [0.15, 0.2) is 60.8 Å². The van der Waals surface area contributed by atoms with E-state index in [0.717, 1.165) is 15.9 Å². The molecule has 5 rings (SSSR count). The van der Waals surface area contributed by atoms with E-state index < -0.39 is 60.4 Å². The molecule has 3 aromatic rings. The highest BCUT2D eigenvalue weighted by molar-refractivity contribution is 6.10. The number of halogens is 3. The second kappa shape index (κ2) is 11.0. The lowest BCUT2D eigenvalue weighted by Gasteiger charge is -2.39. The summed E-state index contributed by atoms with van der Waals surface area (Å²) < 4.78 is 41.7. The Balaban J connectivity index is 1.61. The third-order valence-electron chi connectivity index (χ3n) is 7.22. The third-order valence-corrected chi connectivity index (χ3v) is 7.22. The average molecular weight is 563 g/mol. The summed E-state index contributed by atoms with van der Waals surface area (Å²) in [5.41, 5.74) is 1.04. The Bertz CT molecular complexity index is 1550. The van der Waals surface area contributed by atoms with Gasteiger partial charge in [-0.1, -0.05) is 30.3 Å². The number of benzene rings is 2. The van der Waals surface area contributed by atoms with Crippen molar-refractivity contribution in [3.63, 3.8) is 0 Å². The number of hydrogen-bond acceptors (Lipinski definition) is 6. The zero-order chi connectivity index (χ0) is 29.3. The fraction of sp³-hybridized carbons (Fsp3) is 0.310. The lowest BCUT2D eigenvalue weighted by Crippen LogP contribution is -2.56. The van der Waals surface area contributed by atoms with Crippen LogP contribution in [0, 0.1) is 24.1 Å². The molecule has 1 aliphatic heterocycles. The molecule has 12 heteroatoms. The van der Waals surface area contributed by atoms with Crippen LogP contribution in [0.25, 0.3) is 0 Å². The van der Waals surface area contributed by atoms with Crippen molar-refractivity contribution in [2.24, 2.45) is 0 Å². The van der Waals surface area contributed by atoms with Gasteiger partial charge in [-0.2, -0.15) is 5.26 Å². The van der Waals surface area contributed by atoms with Crippen LogP contribution in [0.1, 0.15) is 48.5 Å². The van der Waals surface area contributed by atoms with Gasteiger partial charge in [0.2, 0.25) is 17.8 Å². The summed E-state index contributed by atoms with van der Waals surface area (Å²) in [7, 11) is 0. The second-order valence-corrected chi connectivity index (χ2v) is 10.1. The molecule has 210 valence electrons. The largest absolute Gasteiger partial charge is 0.351 e. The number of alkyl halides is 2. The van der Waals surface area contributed by atoms with Crippen molar-refractivity contribution in [1.29, 1.82) is 5.26 Å². The first-order chi connectivity index (χ1) is 19.6. The molecule has 41 heavy (non-hydrogen) atoms. The number of aryl methyl sites for hydroxylation is 1. The van der Waals surface area contributed by atoms with Crippen LogP contribution in [0.2, 0.25) is 0 Å². The first kappa shape index (κ1) is 27.8. The van der Waals surface area contributed by atoms with E-state index in [1.54, 1.807) is 31.2 Å². The maximum atomic E-state index is 14.5. The fourth-order valence-corrected chi connectivity index (χ4v) is 5.22. The van der Waals surface area contributed by atoms with Crippen molar-refractivity contribution < 1.29 is 27.6 Å². The molecule has 2 aromatic carbocycles. The highest BCUT2D eigenvalue weighted by Crippen LogP contribution is 2.39. The van der Waals surface area contributed by atoms with E-state index in [0.29, 0.717) is 11.1 Å². The summed E-state index contributed by atoms with van der Waals surface area (Å²) in [5, 5.41) is 11.9. The fourth-order valence-electron chi connectivity index (χ4n) is 5.22. The number of carbonyl (C=O) groups excluding carboxylic acids is 3. The van der Waals surface area contributed by atoms with Gasteiger partial charge >= 0.3 is 0 Å². The number of anilines is 2. The van der Waals surface area contributed by atoms with Crippen LogP contribution in [-0.2, 0) is 14.4 Å². The third kappa shape index (κ3) is 5.61. The minimum absolute atomic E-state index is 0.0163. The molecule has 1 aromatic heterocycles. The molecule has 2 heterocycles. The highest BCUT2D eigenvalue weighted by atomic mass is 19.3. The average Bonchev–Trinajstić information content (AvgIpc) is 3.32. The number of nitrogens with zero attached hydrogens (tertiary/aromatic N) is 5. The smallest absolute Gasteiger partial charge is 0.252 e. The van der Waals surface area contributed by atoms with Gasteiger partial charge in [0, 0.05) is 37.2 Å². The molecule has 0 radical (unpaired) electrons. The Morgan fingerprint density at radius 3 is 2.61 bits per heavy atom. The lowest BCUT2D eigenvalue weighted by atomic mass is 9.87. The molecular weight excluding hydrogens is 537 g/mol. The molecule has 0 spiro atoms. The number of rotatable bonds is 7. The minimum Gasteiger partial charge on any atom is -0.351 e. The summed E-state index contributed by atoms with van der Waals surface area (Å²) in [6.45, 7) is 1.73. The number of aromatic nitrogens is 2. The van der Waals surface area contributed by atoms with Crippen molar-refractivity contribution in [3.8, 4) is 6.07 Å². The molecule has 0 unspecified atom stereocenters. The van der Waals surface area contributed by atoms with E-state index in [1.165, 1.54) is 30.5 Å². The predicted octanol–water partition coefficient (Wildman–Crippen LogP) is 3.98. The monoisotopic (exact) mass is 562 g/mol. The van der Waals surface area contributed by atoms with Crippen LogP contribution >= 0.6 is 0 Å². The van der Waals surface area contributed by atoms with Crippen molar-refractivity contribution >= 4 is 29.4 Å². The molecule has 2 atom stereocenters. The molecule has 9 nitrogen and oxygen atoms in total. The first-order valence-electron chi connectivity index (χ1n) is 13.0. The van der Waals surface area contributed by atoms with Gasteiger partial charge in [-0.05, 0) is 48.7 Å². The standard InChI is InChI=1S/C29H25F3N6O3/c1-17-5-2-3-8-22(17)25(26(40)35-20-14-29(31,32)15-20)37(21-7-4-6-18(30)13-21)27(41)23-9-10-24(39)38(23)28-34-12-11-19(16-33)36-28/h2-8,11-13,20,23,25H,9-10,14-15H2,1H3,(H,35,40)/t23-,25-/m0/s1. The van der Waals surface area contributed by atoms with Gasteiger partial charge < -0.3 is 5.32 Å². The van der Waals surface area contributed by atoms with E-state index in [2.05, 4.69) is 15.3 Å². The quantitative estimate of drug-likeness (QED) is 0.465. The van der Waals surface area contributed by atoms with Crippen LogP contribution in [0.4, 0.5) is 24.8 Å². The number of nitrogens with one attached hydrogen (secondary N) is 1. The minimum atomic E-state index is -2.89. The normalized spacial score (nSPS) is 18.8. The van der Waals surface area contributed by atoms with Crippen molar-refractivity contribution in [2.45, 2.75) is 56.7 Å². The number of hydrogen-bond donors (Lipinski definition) is 1. The molecule has 1 aliphatic carbocycles. The predicted molar refractivity (Wildman–Crippen MR) is 141 cm³/mol. The maximum absolute atomic E-state index is 14.5. The summed E-state index contributed by atoms with van der Waals surface area (Å²) >= 11 is 0. The Labute approximate surface area is 233 Å². The SMILES string of the molecule is Cc1ccccc1[C@@H](C(=O)NC1CC(F)(F)C1)N(C(=O)[C@@H]1CCC(=O)N1c1nccc(C#N)n1)c1cccc(F)c1. The summed E-state index contributed by atoms with van der Waals surface area (Å²) in [4.78, 5) is 51.6. The maximum Gasteiger partial charge on any atom is 0.252 e. The van der Waals surface area contributed by atoms with Gasteiger partial charge in [0.25, 0.3) is 11.8 Å². The van der Waals surface area contributed by atoms with E-state index in [1.807, 2.05) is 6.07 Å². The van der Waals surface area contributed by atoms with Crippen molar-refractivity contribution in [3.05, 3.63) is 83.4 Å². The Hall–Kier alpha value is -4.79. The van der Waals surface area contributed by atoms with Gasteiger partial charge in [0.1, 0.15) is 29.7 Å². The molecule has 3 amide bonds. The van der Waals surface area contributed by atoms with Gasteiger partial charge in [-0.25, -0.2) is 23.1 Å². The number of nitriles is 1. The van der Waals surface area contributed by atoms with E-state index in [9.17, 15) is 32.8 Å². The topological polar surface area (TPSA) is 119 Å². The van der Waals surface area contributed by atoms with E-state index in [4.69, 9.17) is 0 Å². The van der Waals surface area contributed by atoms with Crippen LogP contribution in [-0.4, -0.2) is 45.7 Å². The Kier molecular flexibility index (Phi) is 7.45. The summed E-state index contributed by atoms with van der Waals surface area (Å²) in [6, 6.07) is 11.7. The molecular formula is C29H25F3N6O3. The zero-order valence-corrected chi connectivity index (χ0v) is 21.9. The molecule has 1 saturated heterocycles. The van der Waals surface area contributed by atoms with Crippen molar-refractivity contribution in [1.82, 2.24) is 15.3 Å². The number of carbonyl (C=O) groups is 3. The summed E-state index contributed by atoms with van der Waals surface area (Å²) in [6.07, 6.45) is 0.220. The van der Waals surface area contributed by atoms with Crippen LogP contribution < -0.4 is 15.1 Å². The van der Waals surface area contributed by atoms with Crippen LogP contribution in [0.5, 0.6) is 0 Å². The lowest BCUT2D eigenvalue weighted by molar-refractivity contribution is -0.133. The van der Waals surface area contributed by atoms with Gasteiger partial charge in [0.15, 0.2) is 0 Å². The Morgan fingerprint density at radius 1 is 1.17 bits per heavy atom. The first-order valence-corrected chi connectivity index (χ1v) is 13.0. The molecule has 1 saturated carbocycles. The summed E-state index contributed by atoms with van der Waals surface area (Å²) in [5.74, 6) is -5.64. The highest BCUT2D eigenvalue weighted by Gasteiger charge is 2.48.